The molecule has 0 spiro atoms. The van der Waals surface area contributed by atoms with Crippen molar-refractivity contribution in [1.82, 2.24) is 0 Å². The van der Waals surface area contributed by atoms with Crippen LogP contribution < -0.4 is 9.64 Å². The standard InChI is InChI=1S/C22H18Cl2FNO6/c1-30-18-7-11(6-16(24)20(18)27)19-13(21(28)31-2)9-26(10-14(19)22(29)32-3)12-4-5-17(25)15(23)8-12/h4-10,19,27H,1-3H3. The van der Waals surface area contributed by atoms with E-state index in [4.69, 9.17) is 37.4 Å². The van der Waals surface area contributed by atoms with Gasteiger partial charge in [-0.3, -0.25) is 0 Å². The third-order valence-corrected chi connectivity index (χ3v) is 5.40. The van der Waals surface area contributed by atoms with Gasteiger partial charge in [0.25, 0.3) is 0 Å². The van der Waals surface area contributed by atoms with E-state index >= 15 is 0 Å². The highest BCUT2D eigenvalue weighted by Gasteiger charge is 2.36. The number of phenolic OH excluding ortho intramolecular Hbond substituents is 1. The van der Waals surface area contributed by atoms with Crippen molar-refractivity contribution in [2.45, 2.75) is 5.92 Å². The molecule has 0 fully saturated rings. The smallest absolute Gasteiger partial charge is 0.336 e. The van der Waals surface area contributed by atoms with Crippen molar-refractivity contribution < 1.29 is 33.3 Å². The first kappa shape index (κ1) is 23.4. The average molecular weight is 482 g/mol. The van der Waals surface area contributed by atoms with Crippen LogP contribution in [0.15, 0.2) is 53.9 Å². The van der Waals surface area contributed by atoms with Crippen molar-refractivity contribution in [1.29, 1.82) is 0 Å². The third kappa shape index (κ3) is 4.37. The molecule has 7 nitrogen and oxygen atoms in total. The number of nitrogens with zero attached hydrogens (tertiary/aromatic N) is 1. The summed E-state index contributed by atoms with van der Waals surface area (Å²) in [5, 5.41) is 9.90. The quantitative estimate of drug-likeness (QED) is 0.626. The van der Waals surface area contributed by atoms with Crippen LogP contribution in [-0.2, 0) is 19.1 Å². The minimum Gasteiger partial charge on any atom is -0.503 e. The predicted molar refractivity (Wildman–Crippen MR) is 116 cm³/mol. The maximum atomic E-state index is 13.6. The number of phenols is 1. The average Bonchev–Trinajstić information content (AvgIpc) is 2.80. The first-order valence-corrected chi connectivity index (χ1v) is 9.87. The second-order valence-electron chi connectivity index (χ2n) is 6.64. The SMILES string of the molecule is COC(=O)C1=CN(c2ccc(F)c(Cl)c2)C=C(C(=O)OC)C1c1cc(Cl)c(O)c(OC)c1. The van der Waals surface area contributed by atoms with E-state index in [2.05, 4.69) is 0 Å². The van der Waals surface area contributed by atoms with Crippen LogP contribution in [0.2, 0.25) is 10.0 Å². The number of methoxy groups -OCH3 is 3. The molecular weight excluding hydrogens is 464 g/mol. The fraction of sp³-hybridized carbons (Fsp3) is 0.182. The zero-order chi connectivity index (χ0) is 23.6. The molecule has 1 aliphatic rings. The number of esters is 2. The van der Waals surface area contributed by atoms with Crippen molar-refractivity contribution in [2.75, 3.05) is 26.2 Å². The Bertz CT molecular complexity index is 1110. The van der Waals surface area contributed by atoms with Gasteiger partial charge in [-0.2, -0.15) is 0 Å². The van der Waals surface area contributed by atoms with E-state index in [-0.39, 0.29) is 32.7 Å². The van der Waals surface area contributed by atoms with Gasteiger partial charge in [0, 0.05) is 18.1 Å². The van der Waals surface area contributed by atoms with Gasteiger partial charge < -0.3 is 24.2 Å². The lowest BCUT2D eigenvalue weighted by molar-refractivity contribution is -0.137. The monoisotopic (exact) mass is 481 g/mol. The van der Waals surface area contributed by atoms with E-state index < -0.39 is 23.7 Å². The van der Waals surface area contributed by atoms with Crippen LogP contribution in [0.5, 0.6) is 11.5 Å². The number of carbonyl (C=O) groups is 2. The zero-order valence-corrected chi connectivity index (χ0v) is 18.7. The van der Waals surface area contributed by atoms with Crippen molar-refractivity contribution in [3.63, 3.8) is 0 Å². The molecule has 0 amide bonds. The number of aromatic hydroxyl groups is 1. The van der Waals surface area contributed by atoms with Gasteiger partial charge in [-0.15, -0.1) is 0 Å². The van der Waals surface area contributed by atoms with Crippen molar-refractivity contribution in [3.05, 3.63) is 75.3 Å². The largest absolute Gasteiger partial charge is 0.503 e. The normalized spacial score (nSPS) is 13.9. The molecule has 2 aromatic rings. The molecule has 0 aromatic heterocycles. The number of halogens is 3. The van der Waals surface area contributed by atoms with Crippen molar-refractivity contribution in [3.8, 4) is 11.5 Å². The lowest BCUT2D eigenvalue weighted by Gasteiger charge is -2.30. The predicted octanol–water partition coefficient (Wildman–Crippen LogP) is 4.56. The van der Waals surface area contributed by atoms with E-state index in [9.17, 15) is 19.1 Å². The van der Waals surface area contributed by atoms with Crippen LogP contribution in [0.3, 0.4) is 0 Å². The second-order valence-corrected chi connectivity index (χ2v) is 7.46. The molecule has 2 aromatic carbocycles. The Morgan fingerprint density at radius 2 is 1.56 bits per heavy atom. The number of ether oxygens (including phenoxy) is 3. The van der Waals surface area contributed by atoms with Crippen LogP contribution in [0.25, 0.3) is 0 Å². The molecule has 0 saturated heterocycles. The molecule has 0 unspecified atom stereocenters. The Labute approximate surface area is 193 Å². The Kier molecular flexibility index (Phi) is 6.96. The maximum absolute atomic E-state index is 13.6. The molecule has 0 radical (unpaired) electrons. The highest BCUT2D eigenvalue weighted by molar-refractivity contribution is 6.32. The minimum atomic E-state index is -0.964. The number of carbonyl (C=O) groups excluding carboxylic acids is 2. The summed E-state index contributed by atoms with van der Waals surface area (Å²) in [4.78, 5) is 26.9. The molecule has 32 heavy (non-hydrogen) atoms. The summed E-state index contributed by atoms with van der Waals surface area (Å²) in [5.41, 5.74) is 0.869. The van der Waals surface area contributed by atoms with Gasteiger partial charge in [-0.05, 0) is 35.9 Å². The Morgan fingerprint density at radius 1 is 0.969 bits per heavy atom. The molecule has 168 valence electrons. The van der Waals surface area contributed by atoms with E-state index in [1.807, 2.05) is 0 Å². The summed E-state index contributed by atoms with van der Waals surface area (Å²) in [7, 11) is 3.73. The summed E-state index contributed by atoms with van der Waals surface area (Å²) in [6, 6.07) is 6.78. The van der Waals surface area contributed by atoms with E-state index in [0.717, 1.165) is 6.07 Å². The maximum Gasteiger partial charge on any atom is 0.336 e. The van der Waals surface area contributed by atoms with Gasteiger partial charge >= 0.3 is 11.9 Å². The molecule has 0 atom stereocenters. The van der Waals surface area contributed by atoms with Crippen molar-refractivity contribution in [2.24, 2.45) is 0 Å². The van der Waals surface area contributed by atoms with Gasteiger partial charge in [-0.25, -0.2) is 14.0 Å². The Hall–Kier alpha value is -3.23. The number of anilines is 1. The Balaban J connectivity index is 2.24. The molecular formula is C22H18Cl2FNO6. The van der Waals surface area contributed by atoms with Crippen LogP contribution in [0, 0.1) is 5.82 Å². The molecule has 0 saturated carbocycles. The first-order valence-electron chi connectivity index (χ1n) is 9.11. The third-order valence-electron chi connectivity index (χ3n) is 4.83. The molecule has 1 N–H and O–H groups in total. The van der Waals surface area contributed by atoms with Crippen LogP contribution >= 0.6 is 23.2 Å². The topological polar surface area (TPSA) is 85.3 Å². The number of benzene rings is 2. The minimum absolute atomic E-state index is 0.0412. The van der Waals surface area contributed by atoms with Gasteiger partial charge in [-0.1, -0.05) is 23.2 Å². The summed E-state index contributed by atoms with van der Waals surface area (Å²) in [6.45, 7) is 0. The highest BCUT2D eigenvalue weighted by Crippen LogP contribution is 2.44. The van der Waals surface area contributed by atoms with Crippen LogP contribution in [0.1, 0.15) is 11.5 Å². The summed E-state index contributed by atoms with van der Waals surface area (Å²) < 4.78 is 28.6. The number of hydrogen-bond acceptors (Lipinski definition) is 7. The molecule has 0 bridgehead atoms. The van der Waals surface area contributed by atoms with Crippen molar-refractivity contribution >= 4 is 40.8 Å². The highest BCUT2D eigenvalue weighted by atomic mass is 35.5. The lowest BCUT2D eigenvalue weighted by atomic mass is 9.83. The van der Waals surface area contributed by atoms with Crippen LogP contribution in [0.4, 0.5) is 10.1 Å². The summed E-state index contributed by atoms with van der Waals surface area (Å²) >= 11 is 12.0. The molecule has 1 aliphatic heterocycles. The van der Waals surface area contributed by atoms with E-state index in [1.165, 1.54) is 62.9 Å². The van der Waals surface area contributed by atoms with Crippen LogP contribution in [-0.4, -0.2) is 38.4 Å². The van der Waals surface area contributed by atoms with Gasteiger partial charge in [0.1, 0.15) is 5.82 Å². The Morgan fingerprint density at radius 3 is 2.06 bits per heavy atom. The molecule has 10 heteroatoms. The second kappa shape index (κ2) is 9.50. The fourth-order valence-corrected chi connectivity index (χ4v) is 3.69. The summed E-state index contributed by atoms with van der Waals surface area (Å²) in [6.07, 6.45) is 2.86. The molecule has 0 aliphatic carbocycles. The summed E-state index contributed by atoms with van der Waals surface area (Å²) in [5.74, 6) is -3.28. The van der Waals surface area contributed by atoms with Gasteiger partial charge in [0.05, 0.1) is 48.4 Å². The number of rotatable bonds is 5. The molecule has 1 heterocycles. The lowest BCUT2D eigenvalue weighted by Crippen LogP contribution is -2.28. The van der Waals surface area contributed by atoms with E-state index in [0.29, 0.717) is 11.3 Å². The molecule has 3 rings (SSSR count). The fourth-order valence-electron chi connectivity index (χ4n) is 3.30. The van der Waals surface area contributed by atoms with E-state index in [1.54, 1.807) is 0 Å². The van der Waals surface area contributed by atoms with Gasteiger partial charge in [0.15, 0.2) is 11.5 Å². The first-order chi connectivity index (χ1) is 15.2. The number of hydrogen-bond donors (Lipinski definition) is 1. The zero-order valence-electron chi connectivity index (χ0n) is 17.2. The van der Waals surface area contributed by atoms with Gasteiger partial charge in [0.2, 0.25) is 0 Å².